The van der Waals surface area contributed by atoms with Crippen molar-refractivity contribution in [3.63, 3.8) is 0 Å². The van der Waals surface area contributed by atoms with Crippen LogP contribution in [-0.4, -0.2) is 94.3 Å². The van der Waals surface area contributed by atoms with Gasteiger partial charge in [0.2, 0.25) is 20.0 Å². The van der Waals surface area contributed by atoms with Crippen molar-refractivity contribution in [3.05, 3.63) is 59.7 Å². The number of hydrogen-bond donors (Lipinski definition) is 0. The smallest absolute Gasteiger partial charge is 0.243 e. The van der Waals surface area contributed by atoms with E-state index in [0.29, 0.717) is 62.1 Å². The van der Waals surface area contributed by atoms with Gasteiger partial charge in [-0.05, 0) is 38.1 Å². The Balaban J connectivity index is 1.27. The van der Waals surface area contributed by atoms with Gasteiger partial charge in [0.1, 0.15) is 0 Å². The molecule has 10 heteroatoms. The maximum Gasteiger partial charge on any atom is 0.243 e. The number of aryl methyl sites for hydroxylation is 2. The summed E-state index contributed by atoms with van der Waals surface area (Å²) in [6, 6.07) is 14.0. The molecule has 0 saturated carbocycles. The lowest BCUT2D eigenvalue weighted by atomic mass is 10.2. The van der Waals surface area contributed by atoms with Crippen molar-refractivity contribution in [2.24, 2.45) is 0 Å². The van der Waals surface area contributed by atoms with Crippen LogP contribution in [0, 0.1) is 13.8 Å². The van der Waals surface area contributed by atoms with Gasteiger partial charge in [-0.25, -0.2) is 16.8 Å². The second kappa shape index (κ2) is 9.81. The van der Waals surface area contributed by atoms with Crippen LogP contribution in [0.4, 0.5) is 0 Å². The summed E-state index contributed by atoms with van der Waals surface area (Å²) in [7, 11) is -6.94. The lowest BCUT2D eigenvalue weighted by molar-refractivity contribution is 0.0770. The van der Waals surface area contributed by atoms with E-state index in [-0.39, 0.29) is 0 Å². The van der Waals surface area contributed by atoms with Gasteiger partial charge in [0.25, 0.3) is 0 Å². The van der Waals surface area contributed by atoms with E-state index < -0.39 is 20.0 Å². The zero-order valence-corrected chi connectivity index (χ0v) is 20.9. The fourth-order valence-electron chi connectivity index (χ4n) is 4.22. The van der Waals surface area contributed by atoms with E-state index in [9.17, 15) is 16.8 Å². The Morgan fingerprint density at radius 3 is 1.15 bits per heavy atom. The van der Waals surface area contributed by atoms with E-state index in [1.807, 2.05) is 38.1 Å². The van der Waals surface area contributed by atoms with Crippen LogP contribution in [0.2, 0.25) is 0 Å². The van der Waals surface area contributed by atoms with Crippen molar-refractivity contribution < 1.29 is 16.8 Å². The monoisotopic (exact) mass is 492 g/mol. The van der Waals surface area contributed by atoms with Crippen molar-refractivity contribution in [3.8, 4) is 0 Å². The highest BCUT2D eigenvalue weighted by atomic mass is 32.2. The minimum Gasteiger partial charge on any atom is -0.288 e. The molecule has 8 nitrogen and oxygen atoms in total. The third-order valence-corrected chi connectivity index (χ3v) is 10.2. The number of piperazine rings is 2. The number of hydrogen-bond acceptors (Lipinski definition) is 6. The van der Waals surface area contributed by atoms with Crippen LogP contribution < -0.4 is 0 Å². The molecule has 0 amide bonds. The summed E-state index contributed by atoms with van der Waals surface area (Å²) in [5, 5.41) is 0. The Bertz CT molecular complexity index is 1060. The first-order valence-electron chi connectivity index (χ1n) is 11.2. The maximum absolute atomic E-state index is 12.9. The molecule has 0 atom stereocenters. The zero-order chi connectivity index (χ0) is 23.6. The van der Waals surface area contributed by atoms with Crippen molar-refractivity contribution >= 4 is 20.0 Å². The highest BCUT2D eigenvalue weighted by Gasteiger charge is 2.31. The Morgan fingerprint density at radius 1 is 0.545 bits per heavy atom. The molecule has 0 aromatic heterocycles. The van der Waals surface area contributed by atoms with Crippen LogP contribution in [0.1, 0.15) is 11.1 Å². The minimum atomic E-state index is -3.47. The second-order valence-electron chi connectivity index (χ2n) is 8.81. The number of sulfonamides is 2. The van der Waals surface area contributed by atoms with E-state index in [4.69, 9.17) is 0 Å². The van der Waals surface area contributed by atoms with Gasteiger partial charge in [-0.1, -0.05) is 35.4 Å². The van der Waals surface area contributed by atoms with Gasteiger partial charge in [-0.3, -0.25) is 9.80 Å². The standard InChI is InChI=1S/C23H32N4O4S2/c1-20-3-7-22(8-4-20)32(28,29)26-15-11-24(12-16-26)19-25-13-17-27(18-14-25)33(30,31)23-9-5-21(2)6-10-23/h3-10H,11-19H2,1-2H3. The Kier molecular flexibility index (Phi) is 7.23. The van der Waals surface area contributed by atoms with Crippen molar-refractivity contribution in [1.29, 1.82) is 0 Å². The Morgan fingerprint density at radius 2 is 0.848 bits per heavy atom. The average Bonchev–Trinajstić information content (AvgIpc) is 2.80. The van der Waals surface area contributed by atoms with Crippen molar-refractivity contribution in [2.45, 2.75) is 23.6 Å². The van der Waals surface area contributed by atoms with Gasteiger partial charge in [0, 0.05) is 52.4 Å². The highest BCUT2D eigenvalue weighted by molar-refractivity contribution is 7.89. The average molecular weight is 493 g/mol. The molecule has 2 fully saturated rings. The van der Waals surface area contributed by atoms with Crippen LogP contribution in [0.3, 0.4) is 0 Å². The molecular weight excluding hydrogens is 460 g/mol. The molecule has 2 aromatic carbocycles. The topological polar surface area (TPSA) is 81.2 Å². The molecule has 2 aliphatic rings. The lowest BCUT2D eigenvalue weighted by Crippen LogP contribution is -2.55. The number of nitrogens with zero attached hydrogens (tertiary/aromatic N) is 4. The molecule has 2 heterocycles. The first-order chi connectivity index (χ1) is 15.7. The number of benzene rings is 2. The van der Waals surface area contributed by atoms with E-state index in [2.05, 4.69) is 9.80 Å². The van der Waals surface area contributed by atoms with Gasteiger partial charge in [0.15, 0.2) is 0 Å². The SMILES string of the molecule is Cc1ccc(S(=O)(=O)N2CCN(CN3CCN(S(=O)(=O)c4ccc(C)cc4)CC3)CC2)cc1. The molecule has 2 saturated heterocycles. The van der Waals surface area contributed by atoms with Gasteiger partial charge in [0.05, 0.1) is 16.5 Å². The summed E-state index contributed by atoms with van der Waals surface area (Å²) in [4.78, 5) is 5.16. The third kappa shape index (κ3) is 5.47. The Labute approximate surface area is 197 Å². The predicted molar refractivity (Wildman–Crippen MR) is 128 cm³/mol. The van der Waals surface area contributed by atoms with Gasteiger partial charge in [-0.15, -0.1) is 0 Å². The summed E-state index contributed by atoms with van der Waals surface area (Å²) >= 11 is 0. The highest BCUT2D eigenvalue weighted by Crippen LogP contribution is 2.20. The molecule has 0 bridgehead atoms. The normalized spacial score (nSPS) is 20.2. The van der Waals surface area contributed by atoms with Crippen LogP contribution in [0.5, 0.6) is 0 Å². The second-order valence-corrected chi connectivity index (χ2v) is 12.7. The molecule has 0 radical (unpaired) electrons. The van der Waals surface area contributed by atoms with Crippen LogP contribution in [0.25, 0.3) is 0 Å². The lowest BCUT2D eigenvalue weighted by Gasteiger charge is -2.39. The summed E-state index contributed by atoms with van der Waals surface area (Å²) in [6.07, 6.45) is 0. The first kappa shape index (κ1) is 24.3. The summed E-state index contributed by atoms with van der Waals surface area (Å²) in [5.74, 6) is 0. The Hall–Kier alpha value is -1.82. The van der Waals surface area contributed by atoms with Crippen LogP contribution in [0.15, 0.2) is 58.3 Å². The quantitative estimate of drug-likeness (QED) is 0.609. The van der Waals surface area contributed by atoms with E-state index >= 15 is 0 Å². The van der Waals surface area contributed by atoms with Crippen LogP contribution >= 0.6 is 0 Å². The van der Waals surface area contributed by atoms with Gasteiger partial charge in [-0.2, -0.15) is 8.61 Å². The first-order valence-corrected chi connectivity index (χ1v) is 14.1. The molecule has 0 aliphatic carbocycles. The maximum atomic E-state index is 12.9. The minimum absolute atomic E-state index is 0.340. The molecule has 180 valence electrons. The van der Waals surface area contributed by atoms with Crippen LogP contribution in [-0.2, 0) is 20.0 Å². The largest absolute Gasteiger partial charge is 0.288 e. The third-order valence-electron chi connectivity index (χ3n) is 6.38. The van der Waals surface area contributed by atoms with Crippen molar-refractivity contribution in [1.82, 2.24) is 18.4 Å². The summed E-state index contributed by atoms with van der Waals surface area (Å²) in [5.41, 5.74) is 2.07. The molecule has 0 spiro atoms. The summed E-state index contributed by atoms with van der Waals surface area (Å²) in [6.45, 7) is 9.06. The predicted octanol–water partition coefficient (Wildman–Crippen LogP) is 1.57. The molecule has 2 aliphatic heterocycles. The fourth-order valence-corrected chi connectivity index (χ4v) is 7.07. The zero-order valence-electron chi connectivity index (χ0n) is 19.2. The molecule has 2 aromatic rings. The van der Waals surface area contributed by atoms with E-state index in [0.717, 1.165) is 17.8 Å². The fraction of sp³-hybridized carbons (Fsp3) is 0.478. The molecule has 4 rings (SSSR count). The molecule has 33 heavy (non-hydrogen) atoms. The molecule has 0 N–H and O–H groups in total. The van der Waals surface area contributed by atoms with Gasteiger partial charge >= 0.3 is 0 Å². The number of rotatable bonds is 6. The summed E-state index contributed by atoms with van der Waals surface area (Å²) < 4.78 is 54.7. The van der Waals surface area contributed by atoms with Gasteiger partial charge < -0.3 is 0 Å². The molecule has 0 unspecified atom stereocenters. The molecular formula is C23H32N4O4S2. The van der Waals surface area contributed by atoms with Crippen molar-refractivity contribution in [2.75, 3.05) is 59.0 Å². The van der Waals surface area contributed by atoms with E-state index in [1.165, 1.54) is 0 Å². The van der Waals surface area contributed by atoms with E-state index in [1.54, 1.807) is 32.9 Å².